The van der Waals surface area contributed by atoms with Gasteiger partial charge in [0.25, 0.3) is 0 Å². The Morgan fingerprint density at radius 3 is 2.23 bits per heavy atom. The van der Waals surface area contributed by atoms with Crippen LogP contribution in [0.25, 0.3) is 11.1 Å². The van der Waals surface area contributed by atoms with Crippen LogP contribution in [-0.4, -0.2) is 32.5 Å². The van der Waals surface area contributed by atoms with Gasteiger partial charge in [0, 0.05) is 28.7 Å². The molecule has 4 atom stereocenters. The summed E-state index contributed by atoms with van der Waals surface area (Å²) in [6.45, 7) is 2.31. The highest BCUT2D eigenvalue weighted by Gasteiger charge is 2.38. The van der Waals surface area contributed by atoms with Crippen molar-refractivity contribution in [3.8, 4) is 16.9 Å². The van der Waals surface area contributed by atoms with E-state index in [4.69, 9.17) is 14.2 Å². The number of nitrogens with one attached hydrogen (secondary N) is 1. The second-order valence-electron chi connectivity index (χ2n) is 11.7. The number of rotatable bonds is 12. The number of benzene rings is 5. The molecule has 6 rings (SSSR count). The van der Waals surface area contributed by atoms with Crippen LogP contribution >= 0.6 is 11.8 Å². The molecule has 1 heterocycles. The highest BCUT2D eigenvalue weighted by molar-refractivity contribution is 7.99. The van der Waals surface area contributed by atoms with E-state index in [-0.39, 0.29) is 36.2 Å². The van der Waals surface area contributed by atoms with Crippen LogP contribution in [0.15, 0.2) is 137 Å². The number of hydrogen-bond donors (Lipinski definition) is 2. The first-order chi connectivity index (χ1) is 23.3. The minimum Gasteiger partial charge on any atom is -0.496 e. The first kappa shape index (κ1) is 33.9. The first-order valence-electron chi connectivity index (χ1n) is 15.8. The molecule has 0 aliphatic carbocycles. The lowest BCUT2D eigenvalue weighted by atomic mass is 9.91. The molecule has 5 aromatic rings. The number of aliphatic hydroxyl groups excluding tert-OH is 1. The lowest BCUT2D eigenvalue weighted by Crippen LogP contribution is -2.38. The number of sulfonamides is 1. The summed E-state index contributed by atoms with van der Waals surface area (Å²) in [6, 6.07) is 40.2. The molecular weight excluding hydrogens is 643 g/mol. The zero-order valence-electron chi connectivity index (χ0n) is 26.9. The predicted molar refractivity (Wildman–Crippen MR) is 189 cm³/mol. The Hall–Kier alpha value is -3.96. The second kappa shape index (κ2) is 15.5. The SMILES string of the molecule is COc1ccccc1SC[C@@H]1O[C@H](c2cccc(-c3cccc(CNS(=O)(=O)c4ccccc4)c3)c2)O[C@H](c2ccc(CO)cc2)[C@@H]1C. The van der Waals surface area contributed by atoms with E-state index in [1.54, 1.807) is 49.2 Å². The van der Waals surface area contributed by atoms with Crippen LogP contribution in [0.5, 0.6) is 5.75 Å². The fraction of sp³-hybridized carbons (Fsp3) is 0.231. The molecule has 0 aromatic heterocycles. The number of thioether (sulfide) groups is 1. The third kappa shape index (κ3) is 8.01. The monoisotopic (exact) mass is 681 g/mol. The van der Waals surface area contributed by atoms with E-state index in [0.29, 0.717) is 5.75 Å². The minimum absolute atomic E-state index is 0.0157. The zero-order chi connectivity index (χ0) is 33.5. The molecular formula is C39H39NO6S2. The average molecular weight is 682 g/mol. The summed E-state index contributed by atoms with van der Waals surface area (Å²) >= 11 is 1.70. The van der Waals surface area contributed by atoms with E-state index >= 15 is 0 Å². The molecule has 0 spiro atoms. The van der Waals surface area contributed by atoms with Crippen LogP contribution in [0.4, 0.5) is 0 Å². The number of ether oxygens (including phenoxy) is 3. The summed E-state index contributed by atoms with van der Waals surface area (Å²) < 4.78 is 47.3. The summed E-state index contributed by atoms with van der Waals surface area (Å²) in [6.07, 6.45) is -0.983. The van der Waals surface area contributed by atoms with Crippen LogP contribution in [0.2, 0.25) is 0 Å². The topological polar surface area (TPSA) is 94.1 Å². The molecule has 2 N–H and O–H groups in total. The van der Waals surface area contributed by atoms with Crippen molar-refractivity contribution >= 4 is 21.8 Å². The molecule has 1 saturated heterocycles. The van der Waals surface area contributed by atoms with Crippen LogP contribution in [-0.2, 0) is 32.6 Å². The maximum absolute atomic E-state index is 12.8. The lowest BCUT2D eigenvalue weighted by molar-refractivity contribution is -0.268. The van der Waals surface area contributed by atoms with Crippen molar-refractivity contribution < 1.29 is 27.7 Å². The van der Waals surface area contributed by atoms with Crippen molar-refractivity contribution in [1.29, 1.82) is 0 Å². The Kier molecular flexibility index (Phi) is 11.0. The standard InChI is InChI=1S/C39H39NO6S2/c1-27-36(26-47-37-17-7-6-16-35(37)44-2)45-39(46-38(27)30-20-18-28(25-41)19-21-30)33-13-9-12-32(23-33)31-11-8-10-29(22-31)24-40-48(42,43)34-14-4-3-5-15-34/h3-23,27,36,38-41H,24-26H2,1-2H3/t27-,36+,38+,39+/m1/s1. The maximum atomic E-state index is 12.8. The van der Waals surface area contributed by atoms with Gasteiger partial charge in [-0.3, -0.25) is 0 Å². The van der Waals surface area contributed by atoms with E-state index in [2.05, 4.69) is 23.8 Å². The molecule has 1 fully saturated rings. The normalized spacial score (nSPS) is 19.6. The fourth-order valence-electron chi connectivity index (χ4n) is 5.81. The summed E-state index contributed by atoms with van der Waals surface area (Å²) in [5, 5.41) is 9.60. The van der Waals surface area contributed by atoms with Gasteiger partial charge in [-0.15, -0.1) is 11.8 Å². The largest absolute Gasteiger partial charge is 0.496 e. The molecule has 9 heteroatoms. The van der Waals surface area contributed by atoms with E-state index < -0.39 is 16.3 Å². The van der Waals surface area contributed by atoms with Crippen LogP contribution in [0.1, 0.15) is 41.6 Å². The van der Waals surface area contributed by atoms with Gasteiger partial charge in [-0.05, 0) is 64.2 Å². The fourth-order valence-corrected chi connectivity index (χ4v) is 8.04. The van der Waals surface area contributed by atoms with Crippen molar-refractivity contribution in [3.63, 3.8) is 0 Å². The molecule has 0 amide bonds. The van der Waals surface area contributed by atoms with Gasteiger partial charge in [0.05, 0.1) is 30.8 Å². The minimum atomic E-state index is -3.63. The van der Waals surface area contributed by atoms with Crippen molar-refractivity contribution in [1.82, 2.24) is 4.72 Å². The molecule has 1 aliphatic rings. The van der Waals surface area contributed by atoms with Crippen LogP contribution in [0.3, 0.4) is 0 Å². The first-order valence-corrected chi connectivity index (χ1v) is 18.3. The average Bonchev–Trinajstić information content (AvgIpc) is 3.14. The van der Waals surface area contributed by atoms with Gasteiger partial charge in [-0.1, -0.05) is 97.9 Å². The molecule has 0 unspecified atom stereocenters. The Labute approximate surface area is 287 Å². The molecule has 1 aliphatic heterocycles. The number of aliphatic hydroxyl groups is 1. The smallest absolute Gasteiger partial charge is 0.240 e. The van der Waals surface area contributed by atoms with Gasteiger partial charge >= 0.3 is 0 Å². The van der Waals surface area contributed by atoms with E-state index in [9.17, 15) is 13.5 Å². The van der Waals surface area contributed by atoms with Crippen molar-refractivity contribution in [2.75, 3.05) is 12.9 Å². The Bertz CT molecular complexity index is 1920. The molecule has 48 heavy (non-hydrogen) atoms. The summed E-state index contributed by atoms with van der Waals surface area (Å²) in [5.41, 5.74) is 5.53. The summed E-state index contributed by atoms with van der Waals surface area (Å²) in [5.74, 6) is 1.58. The molecule has 0 bridgehead atoms. The van der Waals surface area contributed by atoms with Gasteiger partial charge in [0.1, 0.15) is 5.75 Å². The van der Waals surface area contributed by atoms with E-state index in [1.807, 2.05) is 84.9 Å². The lowest BCUT2D eigenvalue weighted by Gasteiger charge is -2.41. The highest BCUT2D eigenvalue weighted by atomic mass is 32.2. The quantitative estimate of drug-likeness (QED) is 0.129. The Balaban J connectivity index is 1.24. The highest BCUT2D eigenvalue weighted by Crippen LogP contribution is 2.44. The molecule has 5 aromatic carbocycles. The maximum Gasteiger partial charge on any atom is 0.240 e. The molecule has 248 valence electrons. The summed E-state index contributed by atoms with van der Waals surface area (Å²) in [4.78, 5) is 1.29. The third-order valence-electron chi connectivity index (χ3n) is 8.53. The Morgan fingerprint density at radius 2 is 1.48 bits per heavy atom. The van der Waals surface area contributed by atoms with Gasteiger partial charge in [-0.2, -0.15) is 0 Å². The molecule has 0 saturated carbocycles. The van der Waals surface area contributed by atoms with Crippen molar-refractivity contribution in [2.24, 2.45) is 5.92 Å². The summed E-state index contributed by atoms with van der Waals surface area (Å²) in [7, 11) is -1.95. The van der Waals surface area contributed by atoms with E-state index in [1.165, 1.54) is 0 Å². The molecule has 7 nitrogen and oxygen atoms in total. The van der Waals surface area contributed by atoms with Gasteiger partial charge in [0.2, 0.25) is 10.0 Å². The zero-order valence-corrected chi connectivity index (χ0v) is 28.5. The number of para-hydroxylation sites is 1. The predicted octanol–water partition coefficient (Wildman–Crippen LogP) is 7.92. The van der Waals surface area contributed by atoms with Gasteiger partial charge in [0.15, 0.2) is 6.29 Å². The van der Waals surface area contributed by atoms with Gasteiger partial charge < -0.3 is 19.3 Å². The van der Waals surface area contributed by atoms with E-state index in [0.717, 1.165) is 44.0 Å². The van der Waals surface area contributed by atoms with Crippen molar-refractivity contribution in [2.45, 2.75) is 48.4 Å². The molecule has 0 radical (unpaired) electrons. The van der Waals surface area contributed by atoms with Crippen molar-refractivity contribution in [3.05, 3.63) is 150 Å². The van der Waals surface area contributed by atoms with Gasteiger partial charge in [-0.25, -0.2) is 13.1 Å². The van der Waals surface area contributed by atoms with Crippen LogP contribution < -0.4 is 9.46 Å². The third-order valence-corrected chi connectivity index (χ3v) is 11.1. The number of methoxy groups -OCH3 is 1. The Morgan fingerprint density at radius 1 is 0.771 bits per heavy atom. The number of hydrogen-bond acceptors (Lipinski definition) is 7. The van der Waals surface area contributed by atoms with Crippen LogP contribution in [0, 0.1) is 5.92 Å². The second-order valence-corrected chi connectivity index (χ2v) is 14.6.